The number of ether oxygens (including phenoxy) is 1. The van der Waals surface area contributed by atoms with E-state index in [1.165, 1.54) is 7.05 Å². The predicted molar refractivity (Wildman–Crippen MR) is 109 cm³/mol. The summed E-state index contributed by atoms with van der Waals surface area (Å²) in [5, 5.41) is 21.1. The fourth-order valence-electron chi connectivity index (χ4n) is 3.57. The molecule has 0 bridgehead atoms. The molecule has 158 valence electrons. The van der Waals surface area contributed by atoms with Crippen LogP contribution in [0.3, 0.4) is 0 Å². The Morgan fingerprint density at radius 3 is 2.20 bits per heavy atom. The van der Waals surface area contributed by atoms with Gasteiger partial charge in [0, 0.05) is 19.5 Å². The van der Waals surface area contributed by atoms with Crippen LogP contribution in [0, 0.1) is 0 Å². The third-order valence-electron chi connectivity index (χ3n) is 5.03. The van der Waals surface area contributed by atoms with Crippen molar-refractivity contribution < 1.29 is 29.3 Å². The first kappa shape index (κ1) is 21.3. The van der Waals surface area contributed by atoms with Gasteiger partial charge in [-0.2, -0.15) is 0 Å². The van der Waals surface area contributed by atoms with Crippen LogP contribution in [0.4, 0.5) is 4.79 Å². The topological polar surface area (TPSA) is 116 Å². The molecule has 2 aromatic rings. The highest BCUT2D eigenvalue weighted by Gasteiger charge is 2.29. The summed E-state index contributed by atoms with van der Waals surface area (Å²) in [5.41, 5.74) is 4.44. The van der Waals surface area contributed by atoms with Gasteiger partial charge >= 0.3 is 12.1 Å². The maximum atomic E-state index is 12.1. The Hall–Kier alpha value is -3.39. The molecule has 1 aliphatic carbocycles. The average molecular weight is 412 g/mol. The molecular weight excluding hydrogens is 388 g/mol. The molecule has 1 atom stereocenters. The van der Waals surface area contributed by atoms with Gasteiger partial charge in [-0.05, 0) is 22.3 Å². The van der Waals surface area contributed by atoms with Crippen molar-refractivity contribution in [2.45, 2.75) is 18.4 Å². The lowest BCUT2D eigenvalue weighted by molar-refractivity contribution is -0.144. The first-order valence-electron chi connectivity index (χ1n) is 9.59. The standard InChI is InChI=1S/C22H24N2O6/c1-24(12-21(27)28)20(26)10-14(25)11-23-22(29)30-13-19-17-8-4-2-6-15(17)16-7-3-5-9-18(16)19/h2-9,14,19,25H,10-13H2,1H3,(H,23,29)(H,27,28). The molecule has 3 N–H and O–H groups in total. The highest BCUT2D eigenvalue weighted by atomic mass is 16.5. The van der Waals surface area contributed by atoms with Crippen molar-refractivity contribution in [1.82, 2.24) is 10.2 Å². The van der Waals surface area contributed by atoms with Gasteiger partial charge in [-0.3, -0.25) is 9.59 Å². The number of carbonyl (C=O) groups is 3. The third kappa shape index (κ3) is 4.96. The first-order chi connectivity index (χ1) is 14.4. The lowest BCUT2D eigenvalue weighted by Crippen LogP contribution is -2.38. The van der Waals surface area contributed by atoms with Crippen LogP contribution in [0.25, 0.3) is 11.1 Å². The second-order valence-corrected chi connectivity index (χ2v) is 7.21. The number of rotatable bonds is 8. The summed E-state index contributed by atoms with van der Waals surface area (Å²) in [6.07, 6.45) is -2.13. The number of carbonyl (C=O) groups excluding carboxylic acids is 2. The van der Waals surface area contributed by atoms with Crippen LogP contribution in [0.2, 0.25) is 0 Å². The summed E-state index contributed by atoms with van der Waals surface area (Å²) in [7, 11) is 1.34. The lowest BCUT2D eigenvalue weighted by Gasteiger charge is -2.18. The molecule has 8 heteroatoms. The molecule has 3 rings (SSSR count). The lowest BCUT2D eigenvalue weighted by atomic mass is 9.98. The van der Waals surface area contributed by atoms with Crippen LogP contribution in [0.15, 0.2) is 48.5 Å². The van der Waals surface area contributed by atoms with E-state index in [2.05, 4.69) is 5.32 Å². The van der Waals surface area contributed by atoms with E-state index in [4.69, 9.17) is 9.84 Å². The maximum absolute atomic E-state index is 12.1. The fraction of sp³-hybridized carbons (Fsp3) is 0.318. The van der Waals surface area contributed by atoms with Crippen LogP contribution in [-0.2, 0) is 14.3 Å². The van der Waals surface area contributed by atoms with Gasteiger partial charge in [0.25, 0.3) is 0 Å². The summed E-state index contributed by atoms with van der Waals surface area (Å²) in [6.45, 7) is -0.481. The third-order valence-corrected chi connectivity index (χ3v) is 5.03. The minimum atomic E-state index is -1.14. The number of hydrogen-bond donors (Lipinski definition) is 3. The Morgan fingerprint density at radius 2 is 1.63 bits per heavy atom. The minimum absolute atomic E-state index is 0.0701. The van der Waals surface area contributed by atoms with E-state index in [1.807, 2.05) is 48.5 Å². The molecule has 1 aliphatic rings. The van der Waals surface area contributed by atoms with Crippen molar-refractivity contribution >= 4 is 18.0 Å². The molecule has 0 aliphatic heterocycles. The van der Waals surface area contributed by atoms with Gasteiger partial charge < -0.3 is 25.2 Å². The van der Waals surface area contributed by atoms with E-state index in [9.17, 15) is 19.5 Å². The number of nitrogens with one attached hydrogen (secondary N) is 1. The number of likely N-dealkylation sites (N-methyl/N-ethyl adjacent to an activating group) is 1. The zero-order chi connectivity index (χ0) is 21.7. The van der Waals surface area contributed by atoms with Gasteiger partial charge in [-0.1, -0.05) is 48.5 Å². The van der Waals surface area contributed by atoms with Crippen LogP contribution in [-0.4, -0.2) is 65.9 Å². The SMILES string of the molecule is CN(CC(=O)O)C(=O)CC(O)CNC(=O)OCC1c2ccccc2-c2ccccc21. The molecule has 2 aromatic carbocycles. The van der Waals surface area contributed by atoms with Gasteiger partial charge in [-0.25, -0.2) is 4.79 Å². The Morgan fingerprint density at radius 1 is 1.07 bits per heavy atom. The van der Waals surface area contributed by atoms with Crippen molar-refractivity contribution in [3.63, 3.8) is 0 Å². The van der Waals surface area contributed by atoms with Crippen molar-refractivity contribution in [1.29, 1.82) is 0 Å². The first-order valence-corrected chi connectivity index (χ1v) is 9.59. The van der Waals surface area contributed by atoms with E-state index in [0.29, 0.717) is 0 Å². The largest absolute Gasteiger partial charge is 0.480 e. The number of aliphatic carboxylic acids is 1. The quantitative estimate of drug-likeness (QED) is 0.609. The number of carboxylic acid groups (broad SMARTS) is 1. The van der Waals surface area contributed by atoms with E-state index in [0.717, 1.165) is 27.2 Å². The van der Waals surface area contributed by atoms with Gasteiger partial charge in [-0.15, -0.1) is 0 Å². The van der Waals surface area contributed by atoms with E-state index < -0.39 is 30.6 Å². The van der Waals surface area contributed by atoms with Gasteiger partial charge in [0.2, 0.25) is 5.91 Å². The zero-order valence-electron chi connectivity index (χ0n) is 16.6. The molecular formula is C22H24N2O6. The Balaban J connectivity index is 1.50. The zero-order valence-corrected chi connectivity index (χ0v) is 16.6. The van der Waals surface area contributed by atoms with Gasteiger partial charge in [0.05, 0.1) is 12.5 Å². The van der Waals surface area contributed by atoms with Crippen LogP contribution >= 0.6 is 0 Å². The van der Waals surface area contributed by atoms with Crippen LogP contribution in [0.1, 0.15) is 23.5 Å². The summed E-state index contributed by atoms with van der Waals surface area (Å²) in [4.78, 5) is 35.5. The van der Waals surface area contributed by atoms with Crippen molar-refractivity contribution in [2.24, 2.45) is 0 Å². The maximum Gasteiger partial charge on any atom is 0.407 e. The second kappa shape index (κ2) is 9.41. The van der Waals surface area contributed by atoms with E-state index in [1.54, 1.807) is 0 Å². The summed E-state index contributed by atoms with van der Waals surface area (Å²) in [6, 6.07) is 16.0. The van der Waals surface area contributed by atoms with E-state index >= 15 is 0 Å². The number of carboxylic acids is 1. The number of fused-ring (bicyclic) bond motifs is 3. The van der Waals surface area contributed by atoms with Crippen LogP contribution in [0.5, 0.6) is 0 Å². The summed E-state index contributed by atoms with van der Waals surface area (Å²) < 4.78 is 5.36. The van der Waals surface area contributed by atoms with Gasteiger partial charge in [0.1, 0.15) is 13.2 Å². The number of alkyl carbamates (subject to hydrolysis) is 1. The Bertz CT molecular complexity index is 899. The molecule has 0 heterocycles. The normalized spacial score (nSPS) is 13.1. The Kier molecular flexibility index (Phi) is 6.68. The Labute approximate surface area is 174 Å². The molecule has 0 radical (unpaired) electrons. The molecule has 0 fully saturated rings. The van der Waals surface area contributed by atoms with Crippen molar-refractivity contribution in [3.05, 3.63) is 59.7 Å². The van der Waals surface area contributed by atoms with Crippen LogP contribution < -0.4 is 5.32 Å². The molecule has 8 nitrogen and oxygen atoms in total. The molecule has 0 saturated heterocycles. The fourth-order valence-corrected chi connectivity index (χ4v) is 3.57. The smallest absolute Gasteiger partial charge is 0.407 e. The monoisotopic (exact) mass is 412 g/mol. The highest BCUT2D eigenvalue weighted by molar-refractivity contribution is 5.81. The second-order valence-electron chi connectivity index (χ2n) is 7.21. The number of aliphatic hydroxyl groups is 1. The average Bonchev–Trinajstić information content (AvgIpc) is 3.04. The molecule has 1 unspecified atom stereocenters. The molecule has 0 aromatic heterocycles. The number of amides is 2. The molecule has 30 heavy (non-hydrogen) atoms. The molecule has 0 spiro atoms. The van der Waals surface area contributed by atoms with Crippen molar-refractivity contribution in [2.75, 3.05) is 26.7 Å². The predicted octanol–water partition coefficient (Wildman–Crippen LogP) is 1.82. The number of nitrogens with zero attached hydrogens (tertiary/aromatic N) is 1. The van der Waals surface area contributed by atoms with E-state index in [-0.39, 0.29) is 25.5 Å². The summed E-state index contributed by atoms with van der Waals surface area (Å²) >= 11 is 0. The molecule has 0 saturated carbocycles. The number of hydrogen-bond acceptors (Lipinski definition) is 5. The van der Waals surface area contributed by atoms with Gasteiger partial charge in [0.15, 0.2) is 0 Å². The minimum Gasteiger partial charge on any atom is -0.480 e. The summed E-state index contributed by atoms with van der Waals surface area (Å²) in [5.74, 6) is -1.74. The van der Waals surface area contributed by atoms with Crippen molar-refractivity contribution in [3.8, 4) is 11.1 Å². The highest BCUT2D eigenvalue weighted by Crippen LogP contribution is 2.44. The molecule has 2 amide bonds. The number of aliphatic hydroxyl groups excluding tert-OH is 1. The number of benzene rings is 2.